The number of aromatic nitrogens is 3. The molecule has 0 amide bonds. The lowest BCUT2D eigenvalue weighted by Crippen LogP contribution is -2.00. The summed E-state index contributed by atoms with van der Waals surface area (Å²) in [5.74, 6) is 0.416. The fraction of sp³-hybridized carbons (Fsp3) is 0. The summed E-state index contributed by atoms with van der Waals surface area (Å²) in [5, 5.41) is 19.3. The van der Waals surface area contributed by atoms with Gasteiger partial charge in [0.1, 0.15) is 18.2 Å². The molecule has 7 heteroatoms. The number of pyridine rings is 1. The molecule has 0 aliphatic rings. The number of hydrogen-bond acceptors (Lipinski definition) is 5. The summed E-state index contributed by atoms with van der Waals surface area (Å²) < 4.78 is 1.56. The maximum absolute atomic E-state index is 10.6. The summed E-state index contributed by atoms with van der Waals surface area (Å²) in [6, 6.07) is 4.40. The van der Waals surface area contributed by atoms with Gasteiger partial charge in [0.05, 0.1) is 4.92 Å². The minimum Gasteiger partial charge on any atom is -0.290 e. The zero-order chi connectivity index (χ0) is 11.5. The van der Waals surface area contributed by atoms with Gasteiger partial charge in [-0.05, 0) is 6.07 Å². The molecule has 2 aromatic rings. The summed E-state index contributed by atoms with van der Waals surface area (Å²) >= 11 is 0. The van der Waals surface area contributed by atoms with Gasteiger partial charge in [-0.2, -0.15) is 5.26 Å². The lowest BCUT2D eigenvalue weighted by molar-refractivity contribution is -0.385. The normalized spacial score (nSPS) is 9.69. The molecule has 0 aliphatic carbocycles. The summed E-state index contributed by atoms with van der Waals surface area (Å²) in [5.41, 5.74) is -0.512. The van der Waals surface area contributed by atoms with Crippen molar-refractivity contribution in [2.24, 2.45) is 0 Å². The molecule has 0 N–H and O–H groups in total. The van der Waals surface area contributed by atoms with E-state index in [-0.39, 0.29) is 11.4 Å². The molecule has 0 aromatic carbocycles. The molecule has 16 heavy (non-hydrogen) atoms. The highest BCUT2D eigenvalue weighted by Crippen LogP contribution is 2.17. The van der Waals surface area contributed by atoms with Gasteiger partial charge in [-0.1, -0.05) is 0 Å². The smallest absolute Gasteiger partial charge is 0.290 e. The highest BCUT2D eigenvalue weighted by Gasteiger charge is 2.15. The first-order valence-corrected chi connectivity index (χ1v) is 4.26. The minimum atomic E-state index is -0.636. The molecule has 0 saturated heterocycles. The Morgan fingerprint density at radius 3 is 2.88 bits per heavy atom. The minimum absolute atomic E-state index is 0.212. The van der Waals surface area contributed by atoms with Gasteiger partial charge < -0.3 is 0 Å². The van der Waals surface area contributed by atoms with Gasteiger partial charge in [0.2, 0.25) is 5.69 Å². The first-order valence-electron chi connectivity index (χ1n) is 4.26. The fourth-order valence-corrected chi connectivity index (χ4v) is 1.21. The summed E-state index contributed by atoms with van der Waals surface area (Å²) in [6.07, 6.45) is 4.68. The van der Waals surface area contributed by atoms with Crippen molar-refractivity contribution in [1.29, 1.82) is 5.26 Å². The van der Waals surface area contributed by atoms with Crippen LogP contribution < -0.4 is 0 Å². The first-order chi connectivity index (χ1) is 7.72. The zero-order valence-electron chi connectivity index (χ0n) is 7.94. The lowest BCUT2D eigenvalue weighted by Gasteiger charge is -2.00. The molecule has 7 nitrogen and oxygen atoms in total. The second kappa shape index (κ2) is 3.78. The highest BCUT2D eigenvalue weighted by atomic mass is 16.6. The van der Waals surface area contributed by atoms with E-state index in [1.807, 2.05) is 0 Å². The third kappa shape index (κ3) is 1.59. The van der Waals surface area contributed by atoms with E-state index in [0.29, 0.717) is 5.82 Å². The van der Waals surface area contributed by atoms with Crippen LogP contribution in [0.25, 0.3) is 5.82 Å². The highest BCUT2D eigenvalue weighted by molar-refractivity contribution is 5.46. The van der Waals surface area contributed by atoms with Gasteiger partial charge in [0.15, 0.2) is 0 Å². The molecule has 2 heterocycles. The Hall–Kier alpha value is -2.75. The first kappa shape index (κ1) is 9.79. The van der Waals surface area contributed by atoms with Crippen molar-refractivity contribution in [3.8, 4) is 11.9 Å². The topological polar surface area (TPSA) is 97.6 Å². The Balaban J connectivity index is 2.54. The number of nitriles is 1. The van der Waals surface area contributed by atoms with Gasteiger partial charge in [-0.3, -0.25) is 14.7 Å². The molecular formula is C9H5N5O2. The molecule has 2 rings (SSSR count). The van der Waals surface area contributed by atoms with Crippen LogP contribution in [0.3, 0.4) is 0 Å². The molecule has 0 fully saturated rings. The van der Waals surface area contributed by atoms with E-state index >= 15 is 0 Å². The van der Waals surface area contributed by atoms with Crippen LogP contribution in [0.15, 0.2) is 30.9 Å². The standard InChI is InChI=1S/C9H5N5O2/c10-5-7-8(14(15)16)1-2-9(12-7)13-4-3-11-6-13/h1-4,6H. The maximum atomic E-state index is 10.6. The van der Waals surface area contributed by atoms with Crippen molar-refractivity contribution in [2.45, 2.75) is 0 Å². The molecular weight excluding hydrogens is 210 g/mol. The number of hydrogen-bond donors (Lipinski definition) is 0. The SMILES string of the molecule is N#Cc1nc(-n2ccnc2)ccc1[N+](=O)[O-]. The van der Waals surface area contributed by atoms with Crippen LogP contribution in [-0.2, 0) is 0 Å². The number of rotatable bonds is 2. The number of nitro groups is 1. The summed E-state index contributed by atoms with van der Waals surface area (Å²) in [7, 11) is 0. The van der Waals surface area contributed by atoms with Gasteiger partial charge in [0.25, 0.3) is 0 Å². The molecule has 0 spiro atoms. The second-order valence-corrected chi connectivity index (χ2v) is 2.88. The zero-order valence-corrected chi connectivity index (χ0v) is 7.94. The van der Waals surface area contributed by atoms with Crippen LogP contribution in [0.1, 0.15) is 5.69 Å². The van der Waals surface area contributed by atoms with Gasteiger partial charge in [-0.25, -0.2) is 9.97 Å². The third-order valence-corrected chi connectivity index (χ3v) is 1.93. The van der Waals surface area contributed by atoms with Gasteiger partial charge >= 0.3 is 5.69 Å². The number of nitrogens with zero attached hydrogens (tertiary/aromatic N) is 5. The van der Waals surface area contributed by atoms with Crippen molar-refractivity contribution in [1.82, 2.24) is 14.5 Å². The average Bonchev–Trinajstić information content (AvgIpc) is 2.81. The van der Waals surface area contributed by atoms with Gasteiger partial charge in [0, 0.05) is 18.5 Å². The van der Waals surface area contributed by atoms with E-state index in [9.17, 15) is 10.1 Å². The van der Waals surface area contributed by atoms with Crippen LogP contribution in [0.2, 0.25) is 0 Å². The lowest BCUT2D eigenvalue weighted by atomic mass is 10.3. The van der Waals surface area contributed by atoms with Crippen LogP contribution in [0.5, 0.6) is 0 Å². The quantitative estimate of drug-likeness (QED) is 0.550. The van der Waals surface area contributed by atoms with E-state index in [1.165, 1.54) is 18.5 Å². The van der Waals surface area contributed by atoms with E-state index < -0.39 is 4.92 Å². The monoisotopic (exact) mass is 215 g/mol. The predicted octanol–water partition coefficient (Wildman–Crippen LogP) is 1.05. The molecule has 0 atom stereocenters. The second-order valence-electron chi connectivity index (χ2n) is 2.88. The molecule has 2 aromatic heterocycles. The van der Waals surface area contributed by atoms with Crippen LogP contribution in [0.4, 0.5) is 5.69 Å². The largest absolute Gasteiger partial charge is 0.305 e. The van der Waals surface area contributed by atoms with Crippen molar-refractivity contribution >= 4 is 5.69 Å². The molecule has 0 unspecified atom stereocenters. The van der Waals surface area contributed by atoms with Crippen molar-refractivity contribution < 1.29 is 4.92 Å². The molecule has 0 saturated carbocycles. The van der Waals surface area contributed by atoms with Gasteiger partial charge in [-0.15, -0.1) is 0 Å². The maximum Gasteiger partial charge on any atom is 0.305 e. The van der Waals surface area contributed by atoms with Crippen LogP contribution in [-0.4, -0.2) is 19.5 Å². The van der Waals surface area contributed by atoms with E-state index in [2.05, 4.69) is 9.97 Å². The molecule has 0 bridgehead atoms. The molecule has 0 aliphatic heterocycles. The number of imidazole rings is 1. The third-order valence-electron chi connectivity index (χ3n) is 1.93. The van der Waals surface area contributed by atoms with E-state index in [1.54, 1.807) is 23.0 Å². The molecule has 0 radical (unpaired) electrons. The predicted molar refractivity (Wildman–Crippen MR) is 52.7 cm³/mol. The van der Waals surface area contributed by atoms with Crippen molar-refractivity contribution in [3.63, 3.8) is 0 Å². The Bertz CT molecular complexity index is 570. The Kier molecular flexibility index (Phi) is 2.31. The fourth-order valence-electron chi connectivity index (χ4n) is 1.21. The van der Waals surface area contributed by atoms with E-state index in [4.69, 9.17) is 5.26 Å². The summed E-state index contributed by atoms with van der Waals surface area (Å²) in [4.78, 5) is 17.6. The Morgan fingerprint density at radius 2 is 2.31 bits per heavy atom. The van der Waals surface area contributed by atoms with E-state index in [0.717, 1.165) is 0 Å². The summed E-state index contributed by atoms with van der Waals surface area (Å²) in [6.45, 7) is 0. The van der Waals surface area contributed by atoms with Crippen LogP contribution >= 0.6 is 0 Å². The van der Waals surface area contributed by atoms with Crippen molar-refractivity contribution in [2.75, 3.05) is 0 Å². The molecule has 78 valence electrons. The Morgan fingerprint density at radius 1 is 1.50 bits per heavy atom. The average molecular weight is 215 g/mol. The van der Waals surface area contributed by atoms with Crippen LogP contribution in [0, 0.1) is 21.4 Å². The Labute approximate surface area is 89.8 Å². The van der Waals surface area contributed by atoms with Crippen molar-refractivity contribution in [3.05, 3.63) is 46.7 Å².